The van der Waals surface area contributed by atoms with Crippen LogP contribution in [0.25, 0.3) is 0 Å². The first-order valence-electron chi connectivity index (χ1n) is 6.08. The number of nitrogens with zero attached hydrogens (tertiary/aromatic N) is 1. The van der Waals surface area contributed by atoms with Gasteiger partial charge < -0.3 is 16.0 Å². The maximum Gasteiger partial charge on any atom is 0.321 e. The van der Waals surface area contributed by atoms with Gasteiger partial charge in [-0.2, -0.15) is 0 Å². The molecular weight excluding hydrogens is 233 g/mol. The summed E-state index contributed by atoms with van der Waals surface area (Å²) in [5.74, 6) is 0.128. The summed E-state index contributed by atoms with van der Waals surface area (Å²) in [6.07, 6.45) is 1.94. The van der Waals surface area contributed by atoms with Crippen LogP contribution in [0.2, 0.25) is 0 Å². The third kappa shape index (κ3) is 3.20. The van der Waals surface area contributed by atoms with Crippen LogP contribution in [-0.4, -0.2) is 30.6 Å². The molecule has 2 amide bonds. The monoisotopic (exact) mass is 251 g/mol. The van der Waals surface area contributed by atoms with Crippen LogP contribution in [0.4, 0.5) is 14.9 Å². The van der Waals surface area contributed by atoms with Crippen molar-refractivity contribution in [3.8, 4) is 0 Å². The van der Waals surface area contributed by atoms with Gasteiger partial charge in [0, 0.05) is 25.3 Å². The molecule has 4 nitrogen and oxygen atoms in total. The molecule has 0 atom stereocenters. The van der Waals surface area contributed by atoms with Gasteiger partial charge in [0.1, 0.15) is 5.82 Å². The minimum atomic E-state index is -0.361. The van der Waals surface area contributed by atoms with Crippen molar-refractivity contribution in [3.05, 3.63) is 30.1 Å². The number of anilines is 1. The SMILES string of the molecule is CN(CC1CC(N)C1)C(=O)Nc1cccc(F)c1. The molecule has 0 saturated heterocycles. The average molecular weight is 251 g/mol. The van der Waals surface area contributed by atoms with Gasteiger partial charge in [0.05, 0.1) is 0 Å². The Kier molecular flexibility index (Phi) is 3.81. The lowest BCUT2D eigenvalue weighted by Gasteiger charge is -2.35. The van der Waals surface area contributed by atoms with Gasteiger partial charge in [-0.1, -0.05) is 6.07 Å². The number of nitrogens with two attached hydrogens (primary N) is 1. The Morgan fingerprint density at radius 1 is 1.56 bits per heavy atom. The van der Waals surface area contributed by atoms with Gasteiger partial charge in [-0.15, -0.1) is 0 Å². The van der Waals surface area contributed by atoms with Gasteiger partial charge in [-0.25, -0.2) is 9.18 Å². The number of carbonyl (C=O) groups is 1. The summed E-state index contributed by atoms with van der Waals surface area (Å²) in [4.78, 5) is 13.5. The van der Waals surface area contributed by atoms with E-state index in [0.29, 0.717) is 18.2 Å². The molecule has 1 aromatic carbocycles. The number of halogens is 1. The van der Waals surface area contributed by atoms with E-state index in [2.05, 4.69) is 5.32 Å². The van der Waals surface area contributed by atoms with Gasteiger partial charge in [-0.05, 0) is 37.0 Å². The smallest absolute Gasteiger partial charge is 0.321 e. The van der Waals surface area contributed by atoms with Crippen LogP contribution in [0.5, 0.6) is 0 Å². The lowest BCUT2D eigenvalue weighted by atomic mass is 9.81. The van der Waals surface area contributed by atoms with Crippen LogP contribution in [0.3, 0.4) is 0 Å². The van der Waals surface area contributed by atoms with Crippen molar-refractivity contribution >= 4 is 11.7 Å². The number of amides is 2. The average Bonchev–Trinajstić information content (AvgIpc) is 2.26. The minimum Gasteiger partial charge on any atom is -0.328 e. The maximum atomic E-state index is 13.0. The molecular formula is C13H18FN3O. The molecule has 1 aliphatic rings. The summed E-state index contributed by atoms with van der Waals surface area (Å²) in [6, 6.07) is 5.93. The maximum absolute atomic E-state index is 13.0. The standard InChI is InChI=1S/C13H18FN3O/c1-17(8-9-5-11(15)6-9)13(18)16-12-4-2-3-10(14)7-12/h2-4,7,9,11H,5-6,8,15H2,1H3,(H,16,18). The number of benzene rings is 1. The van der Waals surface area contributed by atoms with E-state index in [0.717, 1.165) is 12.8 Å². The number of rotatable bonds is 3. The van der Waals surface area contributed by atoms with E-state index in [1.165, 1.54) is 12.1 Å². The minimum absolute atomic E-state index is 0.221. The molecule has 0 radical (unpaired) electrons. The Morgan fingerprint density at radius 3 is 2.89 bits per heavy atom. The fraction of sp³-hybridized carbons (Fsp3) is 0.462. The quantitative estimate of drug-likeness (QED) is 0.863. The number of urea groups is 1. The normalized spacial score (nSPS) is 22.2. The fourth-order valence-electron chi connectivity index (χ4n) is 2.19. The van der Waals surface area contributed by atoms with Gasteiger partial charge >= 0.3 is 6.03 Å². The Balaban J connectivity index is 1.83. The second-order valence-corrected chi connectivity index (χ2v) is 4.92. The number of nitrogens with one attached hydrogen (secondary N) is 1. The lowest BCUT2D eigenvalue weighted by molar-refractivity contribution is 0.181. The molecule has 0 heterocycles. The van der Waals surface area contributed by atoms with Crippen molar-refractivity contribution in [3.63, 3.8) is 0 Å². The molecule has 0 bridgehead atoms. The highest BCUT2D eigenvalue weighted by Crippen LogP contribution is 2.26. The first-order valence-corrected chi connectivity index (χ1v) is 6.08. The zero-order chi connectivity index (χ0) is 13.1. The first-order chi connectivity index (χ1) is 8.54. The van der Waals surface area contributed by atoms with Crippen LogP contribution in [0, 0.1) is 11.7 Å². The van der Waals surface area contributed by atoms with Crippen molar-refractivity contribution in [1.29, 1.82) is 0 Å². The first kappa shape index (κ1) is 12.8. The molecule has 2 rings (SSSR count). The van der Waals surface area contributed by atoms with Gasteiger partial charge in [0.25, 0.3) is 0 Å². The number of hydrogen-bond donors (Lipinski definition) is 2. The van der Waals surface area contributed by atoms with Crippen LogP contribution in [-0.2, 0) is 0 Å². The summed E-state index contributed by atoms with van der Waals surface area (Å²) in [5.41, 5.74) is 6.17. The molecule has 5 heteroatoms. The second-order valence-electron chi connectivity index (χ2n) is 4.92. The molecule has 1 aromatic rings. The van der Waals surface area contributed by atoms with Gasteiger partial charge in [-0.3, -0.25) is 0 Å². The molecule has 18 heavy (non-hydrogen) atoms. The second kappa shape index (κ2) is 5.35. The molecule has 0 aliphatic heterocycles. The summed E-state index contributed by atoms with van der Waals surface area (Å²) in [6.45, 7) is 0.689. The Labute approximate surface area is 106 Å². The number of carbonyl (C=O) groups excluding carboxylic acids is 1. The largest absolute Gasteiger partial charge is 0.328 e. The summed E-state index contributed by atoms with van der Waals surface area (Å²) in [7, 11) is 1.73. The third-order valence-corrected chi connectivity index (χ3v) is 3.23. The molecule has 0 spiro atoms. The Morgan fingerprint density at radius 2 is 2.28 bits per heavy atom. The van der Waals surface area contributed by atoms with E-state index in [1.54, 1.807) is 24.1 Å². The van der Waals surface area contributed by atoms with Crippen molar-refractivity contribution < 1.29 is 9.18 Å². The zero-order valence-electron chi connectivity index (χ0n) is 10.4. The lowest BCUT2D eigenvalue weighted by Crippen LogP contribution is -2.44. The van der Waals surface area contributed by atoms with Crippen LogP contribution in [0.15, 0.2) is 24.3 Å². The highest BCUT2D eigenvalue weighted by atomic mass is 19.1. The topological polar surface area (TPSA) is 58.4 Å². The third-order valence-electron chi connectivity index (χ3n) is 3.23. The summed E-state index contributed by atoms with van der Waals surface area (Å²) < 4.78 is 13.0. The number of hydrogen-bond acceptors (Lipinski definition) is 2. The van der Waals surface area contributed by atoms with Crippen molar-refractivity contribution in [2.45, 2.75) is 18.9 Å². The van der Waals surface area contributed by atoms with Crippen LogP contribution >= 0.6 is 0 Å². The molecule has 3 N–H and O–H groups in total. The van der Waals surface area contributed by atoms with Gasteiger partial charge in [0.2, 0.25) is 0 Å². The van der Waals surface area contributed by atoms with E-state index >= 15 is 0 Å². The van der Waals surface area contributed by atoms with E-state index in [-0.39, 0.29) is 17.9 Å². The summed E-state index contributed by atoms with van der Waals surface area (Å²) >= 11 is 0. The highest BCUT2D eigenvalue weighted by molar-refractivity contribution is 5.89. The predicted octanol–water partition coefficient (Wildman–Crippen LogP) is 2.03. The van der Waals surface area contributed by atoms with Crippen molar-refractivity contribution in [2.24, 2.45) is 11.7 Å². The van der Waals surface area contributed by atoms with E-state index in [1.807, 2.05) is 0 Å². The van der Waals surface area contributed by atoms with E-state index in [4.69, 9.17) is 5.73 Å². The highest BCUT2D eigenvalue weighted by Gasteiger charge is 2.27. The molecule has 0 unspecified atom stereocenters. The van der Waals surface area contributed by atoms with Crippen LogP contribution in [0.1, 0.15) is 12.8 Å². The Hall–Kier alpha value is -1.62. The molecule has 1 aliphatic carbocycles. The predicted molar refractivity (Wildman–Crippen MR) is 68.7 cm³/mol. The molecule has 0 aromatic heterocycles. The van der Waals surface area contributed by atoms with E-state index < -0.39 is 0 Å². The van der Waals surface area contributed by atoms with E-state index in [9.17, 15) is 9.18 Å². The van der Waals surface area contributed by atoms with Crippen LogP contribution < -0.4 is 11.1 Å². The molecule has 1 saturated carbocycles. The zero-order valence-corrected chi connectivity index (χ0v) is 10.4. The van der Waals surface area contributed by atoms with Crippen molar-refractivity contribution in [1.82, 2.24) is 4.90 Å². The fourth-order valence-corrected chi connectivity index (χ4v) is 2.19. The molecule has 1 fully saturated rings. The summed E-state index contributed by atoms with van der Waals surface area (Å²) in [5, 5.41) is 2.66. The molecule has 98 valence electrons. The van der Waals surface area contributed by atoms with Gasteiger partial charge in [0.15, 0.2) is 0 Å². The Bertz CT molecular complexity index is 432. The van der Waals surface area contributed by atoms with Crippen molar-refractivity contribution in [2.75, 3.05) is 18.9 Å².